The molecule has 0 aliphatic carbocycles. The number of methoxy groups -OCH3 is 1. The maximum Gasteiger partial charge on any atom is 0.345 e. The zero-order valence-corrected chi connectivity index (χ0v) is 16.0. The third-order valence-corrected chi connectivity index (χ3v) is 5.28. The van der Waals surface area contributed by atoms with Gasteiger partial charge in [-0.05, 0) is 42.7 Å². The fraction of sp³-hybridized carbons (Fsp3) is 0.381. The number of rotatable bonds is 5. The number of hydrogen-bond acceptors (Lipinski definition) is 4. The van der Waals surface area contributed by atoms with E-state index in [4.69, 9.17) is 4.74 Å². The zero-order valence-electron chi connectivity index (χ0n) is 16.0. The van der Waals surface area contributed by atoms with Gasteiger partial charge in [-0.1, -0.05) is 30.3 Å². The fourth-order valence-electron chi connectivity index (χ4n) is 3.45. The van der Waals surface area contributed by atoms with Crippen LogP contribution in [0.25, 0.3) is 10.8 Å². The molecule has 7 heteroatoms. The van der Waals surface area contributed by atoms with Crippen molar-refractivity contribution in [3.8, 4) is 0 Å². The number of carbonyl (C=O) groups excluding carboxylic acids is 2. The average Bonchev–Trinajstić information content (AvgIpc) is 2.72. The Labute approximate surface area is 163 Å². The van der Waals surface area contributed by atoms with Crippen LogP contribution >= 0.6 is 0 Å². The van der Waals surface area contributed by atoms with E-state index in [1.165, 1.54) is 18.9 Å². The SMILES string of the molecule is COC(C)(C(=O)O)C(=O)N1CCCC(NC(=O)c2ccc3ccccc3c2)C1. The molecule has 1 aliphatic heterocycles. The maximum absolute atomic E-state index is 12.7. The van der Waals surface area contributed by atoms with Crippen molar-refractivity contribution in [3.63, 3.8) is 0 Å². The molecule has 0 bridgehead atoms. The number of piperidine rings is 1. The van der Waals surface area contributed by atoms with Gasteiger partial charge >= 0.3 is 5.97 Å². The first-order valence-electron chi connectivity index (χ1n) is 9.22. The van der Waals surface area contributed by atoms with Gasteiger partial charge in [-0.3, -0.25) is 9.59 Å². The van der Waals surface area contributed by atoms with E-state index in [9.17, 15) is 19.5 Å². The molecule has 1 fully saturated rings. The minimum atomic E-state index is -1.93. The maximum atomic E-state index is 12.7. The summed E-state index contributed by atoms with van der Waals surface area (Å²) in [6.07, 6.45) is 1.40. The highest BCUT2D eigenvalue weighted by Crippen LogP contribution is 2.20. The highest BCUT2D eigenvalue weighted by Gasteiger charge is 2.45. The van der Waals surface area contributed by atoms with Crippen LogP contribution < -0.4 is 5.32 Å². The van der Waals surface area contributed by atoms with E-state index in [2.05, 4.69) is 5.32 Å². The first-order valence-corrected chi connectivity index (χ1v) is 9.22. The molecule has 3 rings (SSSR count). The van der Waals surface area contributed by atoms with Gasteiger partial charge in [0.05, 0.1) is 0 Å². The van der Waals surface area contributed by atoms with Crippen molar-refractivity contribution in [3.05, 3.63) is 48.0 Å². The number of carboxylic acids is 1. The van der Waals surface area contributed by atoms with Crippen LogP contribution in [0.5, 0.6) is 0 Å². The van der Waals surface area contributed by atoms with Gasteiger partial charge < -0.3 is 20.1 Å². The predicted octanol–water partition coefficient (Wildman–Crippen LogP) is 2.05. The third-order valence-electron chi connectivity index (χ3n) is 5.28. The first-order chi connectivity index (χ1) is 13.3. The van der Waals surface area contributed by atoms with Crippen LogP contribution in [-0.2, 0) is 14.3 Å². The number of likely N-dealkylation sites (tertiary alicyclic amines) is 1. The highest BCUT2D eigenvalue weighted by atomic mass is 16.5. The van der Waals surface area contributed by atoms with Gasteiger partial charge in [0.1, 0.15) is 0 Å². The lowest BCUT2D eigenvalue weighted by atomic mass is 10.00. The summed E-state index contributed by atoms with van der Waals surface area (Å²) in [5.74, 6) is -2.15. The molecular weight excluding hydrogens is 360 g/mol. The molecule has 1 heterocycles. The Kier molecular flexibility index (Phi) is 5.65. The summed E-state index contributed by atoms with van der Waals surface area (Å²) in [7, 11) is 1.20. The topological polar surface area (TPSA) is 95.9 Å². The summed E-state index contributed by atoms with van der Waals surface area (Å²) in [6.45, 7) is 1.94. The van der Waals surface area contributed by atoms with E-state index in [0.717, 1.165) is 17.2 Å². The summed E-state index contributed by atoms with van der Waals surface area (Å²) in [5.41, 5.74) is -1.38. The molecule has 0 saturated carbocycles. The molecule has 2 atom stereocenters. The Morgan fingerprint density at radius 2 is 1.89 bits per heavy atom. The van der Waals surface area contributed by atoms with Crippen molar-refractivity contribution < 1.29 is 24.2 Å². The van der Waals surface area contributed by atoms with E-state index in [0.29, 0.717) is 18.5 Å². The van der Waals surface area contributed by atoms with Crippen molar-refractivity contribution in [2.24, 2.45) is 0 Å². The lowest BCUT2D eigenvalue weighted by molar-refractivity contribution is -0.174. The Hall–Kier alpha value is -2.93. The van der Waals surface area contributed by atoms with Gasteiger partial charge in [0.2, 0.25) is 5.60 Å². The normalized spacial score (nSPS) is 19.1. The highest BCUT2D eigenvalue weighted by molar-refractivity contribution is 6.05. The molecule has 0 radical (unpaired) electrons. The van der Waals surface area contributed by atoms with Crippen molar-refractivity contribution in [2.45, 2.75) is 31.4 Å². The van der Waals surface area contributed by atoms with Crippen LogP contribution in [0.1, 0.15) is 30.1 Å². The first kappa shape index (κ1) is 19.8. The standard InChI is InChI=1S/C21H24N2O5/c1-21(28-2,20(26)27)19(25)23-11-5-8-17(13-23)22-18(24)16-10-9-14-6-3-4-7-15(14)12-16/h3-4,6-7,9-10,12,17H,5,8,11,13H2,1-2H3,(H,22,24)(H,26,27). The Morgan fingerprint density at radius 3 is 2.57 bits per heavy atom. The second kappa shape index (κ2) is 7.98. The summed E-state index contributed by atoms with van der Waals surface area (Å²) >= 11 is 0. The molecule has 2 aromatic carbocycles. The summed E-state index contributed by atoms with van der Waals surface area (Å²) in [4.78, 5) is 38.2. The van der Waals surface area contributed by atoms with Crippen LogP contribution in [0, 0.1) is 0 Å². The molecule has 0 aromatic heterocycles. The van der Waals surface area contributed by atoms with Crippen molar-refractivity contribution in [1.82, 2.24) is 10.2 Å². The van der Waals surface area contributed by atoms with Gasteiger partial charge in [0.15, 0.2) is 0 Å². The van der Waals surface area contributed by atoms with Gasteiger partial charge in [0, 0.05) is 31.8 Å². The summed E-state index contributed by atoms with van der Waals surface area (Å²) < 4.78 is 4.96. The number of nitrogens with one attached hydrogen (secondary N) is 1. The Balaban J connectivity index is 1.69. The third kappa shape index (κ3) is 3.84. The molecule has 28 heavy (non-hydrogen) atoms. The van der Waals surface area contributed by atoms with Crippen LogP contribution in [0.4, 0.5) is 0 Å². The average molecular weight is 384 g/mol. The molecule has 1 saturated heterocycles. The molecule has 1 aliphatic rings. The predicted molar refractivity (Wildman–Crippen MR) is 104 cm³/mol. The number of aliphatic carboxylic acids is 1. The smallest absolute Gasteiger partial charge is 0.345 e. The molecule has 2 amide bonds. The molecule has 148 valence electrons. The van der Waals surface area contributed by atoms with Crippen LogP contribution in [-0.4, -0.2) is 59.6 Å². The molecule has 7 nitrogen and oxygen atoms in total. The number of carbonyl (C=O) groups is 3. The lowest BCUT2D eigenvalue weighted by Gasteiger charge is -2.36. The number of amides is 2. The van der Waals surface area contributed by atoms with E-state index < -0.39 is 17.5 Å². The van der Waals surface area contributed by atoms with Crippen molar-refractivity contribution in [2.75, 3.05) is 20.2 Å². The van der Waals surface area contributed by atoms with E-state index in [1.54, 1.807) is 6.07 Å². The number of fused-ring (bicyclic) bond motifs is 1. The summed E-state index contributed by atoms with van der Waals surface area (Å²) in [6, 6.07) is 13.1. The van der Waals surface area contributed by atoms with Crippen molar-refractivity contribution >= 4 is 28.6 Å². The Morgan fingerprint density at radius 1 is 1.18 bits per heavy atom. The van der Waals surface area contributed by atoms with E-state index in [1.807, 2.05) is 36.4 Å². The fourth-order valence-corrected chi connectivity index (χ4v) is 3.45. The van der Waals surface area contributed by atoms with Crippen LogP contribution in [0.2, 0.25) is 0 Å². The van der Waals surface area contributed by atoms with Crippen LogP contribution in [0.15, 0.2) is 42.5 Å². The number of nitrogens with zero attached hydrogens (tertiary/aromatic N) is 1. The van der Waals surface area contributed by atoms with Gasteiger partial charge in [-0.25, -0.2) is 4.79 Å². The van der Waals surface area contributed by atoms with Crippen molar-refractivity contribution in [1.29, 1.82) is 0 Å². The van der Waals surface area contributed by atoms with Gasteiger partial charge in [0.25, 0.3) is 11.8 Å². The minimum absolute atomic E-state index is 0.210. The van der Waals surface area contributed by atoms with Crippen LogP contribution in [0.3, 0.4) is 0 Å². The summed E-state index contributed by atoms with van der Waals surface area (Å²) in [5, 5.41) is 14.3. The van der Waals surface area contributed by atoms with E-state index >= 15 is 0 Å². The molecule has 0 spiro atoms. The number of benzene rings is 2. The molecular formula is C21H24N2O5. The number of carboxylic acid groups (broad SMARTS) is 1. The van der Waals surface area contributed by atoms with Gasteiger partial charge in [-0.15, -0.1) is 0 Å². The zero-order chi connectivity index (χ0) is 20.3. The van der Waals surface area contributed by atoms with E-state index in [-0.39, 0.29) is 18.5 Å². The Bertz CT molecular complexity index is 913. The molecule has 2 aromatic rings. The number of hydrogen-bond donors (Lipinski definition) is 2. The second-order valence-electron chi connectivity index (χ2n) is 7.17. The lowest BCUT2D eigenvalue weighted by Crippen LogP contribution is -2.58. The number of ether oxygens (including phenoxy) is 1. The van der Waals surface area contributed by atoms with Gasteiger partial charge in [-0.2, -0.15) is 0 Å². The quantitative estimate of drug-likeness (QED) is 0.769. The molecule has 2 unspecified atom stereocenters. The second-order valence-corrected chi connectivity index (χ2v) is 7.17. The largest absolute Gasteiger partial charge is 0.479 e. The molecule has 2 N–H and O–H groups in total. The monoisotopic (exact) mass is 384 g/mol. The minimum Gasteiger partial charge on any atom is -0.479 e.